The van der Waals surface area contributed by atoms with E-state index in [0.29, 0.717) is 30.1 Å². The molecule has 6 nitrogen and oxygen atoms in total. The van der Waals surface area contributed by atoms with Gasteiger partial charge in [0.25, 0.3) is 0 Å². The van der Waals surface area contributed by atoms with E-state index in [-0.39, 0.29) is 23.7 Å². The van der Waals surface area contributed by atoms with Gasteiger partial charge in [-0.1, -0.05) is 25.8 Å². The first kappa shape index (κ1) is 21.9. The number of likely N-dealkylation sites (tertiary alicyclic amines) is 1. The van der Waals surface area contributed by atoms with Crippen LogP contribution in [0.3, 0.4) is 0 Å². The molecule has 4 rings (SSSR count). The monoisotopic (exact) mass is 427 g/mol. The van der Waals surface area contributed by atoms with Crippen LogP contribution >= 0.6 is 0 Å². The number of ether oxygens (including phenoxy) is 3. The largest absolute Gasteiger partial charge is 0.493 e. The Balaban J connectivity index is 1.82. The highest BCUT2D eigenvalue weighted by Crippen LogP contribution is 2.58. The molecule has 0 spiro atoms. The minimum absolute atomic E-state index is 0.0120. The summed E-state index contributed by atoms with van der Waals surface area (Å²) in [5.41, 5.74) is 1.73. The second kappa shape index (κ2) is 8.65. The quantitative estimate of drug-likeness (QED) is 0.375. The zero-order valence-corrected chi connectivity index (χ0v) is 19.0. The van der Waals surface area contributed by atoms with Crippen molar-refractivity contribution in [2.24, 2.45) is 5.92 Å². The van der Waals surface area contributed by atoms with Crippen LogP contribution in [0, 0.1) is 5.92 Å². The number of Topliss-reactive ketones (excluding diaryl/α,β-unsaturated/α-hetero) is 1. The summed E-state index contributed by atoms with van der Waals surface area (Å²) in [6.45, 7) is 3.00. The number of methoxy groups -OCH3 is 2. The van der Waals surface area contributed by atoms with Crippen LogP contribution in [0.4, 0.5) is 0 Å². The Labute approximate surface area is 184 Å². The smallest absolute Gasteiger partial charge is 0.311 e. The summed E-state index contributed by atoms with van der Waals surface area (Å²) in [6, 6.07) is 4.24. The minimum Gasteiger partial charge on any atom is -0.493 e. The molecule has 0 aromatic heterocycles. The number of piperidine rings is 1. The van der Waals surface area contributed by atoms with Crippen LogP contribution in [0.15, 0.2) is 24.0 Å². The fourth-order valence-electron chi connectivity index (χ4n) is 5.79. The topological polar surface area (TPSA) is 65.1 Å². The number of ketones is 1. The zero-order chi connectivity index (χ0) is 22.2. The second-order valence-corrected chi connectivity index (χ2v) is 9.08. The van der Waals surface area contributed by atoms with Crippen molar-refractivity contribution in [3.63, 3.8) is 0 Å². The minimum atomic E-state index is -0.405. The third-order valence-electron chi connectivity index (χ3n) is 7.39. The highest BCUT2D eigenvalue weighted by Gasteiger charge is 2.56. The van der Waals surface area contributed by atoms with Gasteiger partial charge in [-0.05, 0) is 50.6 Å². The molecule has 1 saturated heterocycles. The van der Waals surface area contributed by atoms with E-state index in [1.165, 1.54) is 0 Å². The van der Waals surface area contributed by atoms with Gasteiger partial charge in [0.05, 0.1) is 14.2 Å². The molecule has 6 heteroatoms. The molecule has 1 aromatic rings. The first-order valence-electron chi connectivity index (χ1n) is 11.4. The predicted molar refractivity (Wildman–Crippen MR) is 117 cm³/mol. The Morgan fingerprint density at radius 1 is 1.23 bits per heavy atom. The average molecular weight is 428 g/mol. The lowest BCUT2D eigenvalue weighted by Gasteiger charge is -2.56. The Bertz CT molecular complexity index is 907. The van der Waals surface area contributed by atoms with Crippen molar-refractivity contribution in [2.75, 3.05) is 27.8 Å². The number of benzene rings is 1. The Hall–Kier alpha value is -2.34. The maximum atomic E-state index is 13.0. The Morgan fingerprint density at radius 2 is 2.03 bits per heavy atom. The van der Waals surface area contributed by atoms with Gasteiger partial charge in [-0.3, -0.25) is 9.59 Å². The third-order valence-corrected chi connectivity index (χ3v) is 7.39. The fourth-order valence-corrected chi connectivity index (χ4v) is 5.79. The number of nitrogens with zero attached hydrogens (tertiary/aromatic N) is 1. The molecule has 1 aliphatic heterocycles. The molecule has 31 heavy (non-hydrogen) atoms. The van der Waals surface area contributed by atoms with Gasteiger partial charge in [-0.15, -0.1) is 0 Å². The SMILES string of the molecule is CCCCCC(=O)Oc1c(OC)ccc2c1[C@@]13CCN(C)[C@@H](C2)[C@H]1C=C(OC)C(=O)C3. The predicted octanol–water partition coefficient (Wildman–Crippen LogP) is 3.80. The van der Waals surface area contributed by atoms with E-state index in [1.807, 2.05) is 12.1 Å². The number of unbranched alkanes of at least 4 members (excludes halogenated alkanes) is 2. The Morgan fingerprint density at radius 3 is 2.74 bits per heavy atom. The van der Waals surface area contributed by atoms with Gasteiger partial charge >= 0.3 is 5.97 Å². The molecule has 0 saturated carbocycles. The first-order chi connectivity index (χ1) is 14.9. The fraction of sp³-hybridized carbons (Fsp3) is 0.600. The number of likely N-dealkylation sites (N-methyl/N-ethyl adjacent to an activating group) is 1. The van der Waals surface area contributed by atoms with Crippen molar-refractivity contribution in [3.05, 3.63) is 35.1 Å². The lowest BCUT2D eigenvalue weighted by molar-refractivity contribution is -0.134. The molecule has 2 aliphatic carbocycles. The molecule has 3 atom stereocenters. The van der Waals surface area contributed by atoms with E-state index in [1.54, 1.807) is 14.2 Å². The van der Waals surface area contributed by atoms with E-state index in [0.717, 1.165) is 49.8 Å². The van der Waals surface area contributed by atoms with Crippen molar-refractivity contribution in [1.82, 2.24) is 4.90 Å². The second-order valence-electron chi connectivity index (χ2n) is 9.08. The normalized spacial score (nSPS) is 27.1. The highest BCUT2D eigenvalue weighted by atomic mass is 16.6. The Kier molecular flexibility index (Phi) is 6.11. The van der Waals surface area contributed by atoms with Crippen LogP contribution in [0.1, 0.15) is 56.6 Å². The van der Waals surface area contributed by atoms with Crippen molar-refractivity contribution in [1.29, 1.82) is 0 Å². The number of carbonyl (C=O) groups excluding carboxylic acids is 2. The molecule has 0 N–H and O–H groups in total. The number of allylic oxidation sites excluding steroid dienone is 1. The summed E-state index contributed by atoms with van der Waals surface area (Å²) in [4.78, 5) is 28.1. The maximum absolute atomic E-state index is 13.0. The zero-order valence-electron chi connectivity index (χ0n) is 19.0. The van der Waals surface area contributed by atoms with Crippen LogP contribution in [0.2, 0.25) is 0 Å². The number of fused-ring (bicyclic) bond motifs is 1. The molecule has 1 aromatic carbocycles. The standard InChI is InChI=1S/C25H33NO5/c1-5-6-7-8-22(28)31-24-20(29-3)10-9-16-13-18-17-14-21(30-4)19(27)15-25(17,23(16)24)11-12-26(18)2/h9-10,14,17-18H,5-8,11-13,15H2,1-4H3/t17-,18+,25-/m1/s1. The van der Waals surface area contributed by atoms with Gasteiger partial charge < -0.3 is 19.1 Å². The van der Waals surface area contributed by atoms with Crippen molar-refractivity contribution < 1.29 is 23.8 Å². The molecule has 0 unspecified atom stereocenters. The molecule has 1 heterocycles. The van der Waals surface area contributed by atoms with Gasteiger partial charge in [-0.25, -0.2) is 0 Å². The van der Waals surface area contributed by atoms with Gasteiger partial charge in [0, 0.05) is 35.8 Å². The molecule has 1 fully saturated rings. The summed E-state index contributed by atoms with van der Waals surface area (Å²) < 4.78 is 17.0. The lowest BCUT2D eigenvalue weighted by Crippen LogP contribution is -2.60. The third kappa shape index (κ3) is 3.65. The van der Waals surface area contributed by atoms with E-state index < -0.39 is 5.41 Å². The summed E-state index contributed by atoms with van der Waals surface area (Å²) in [7, 11) is 5.31. The van der Waals surface area contributed by atoms with E-state index in [9.17, 15) is 9.59 Å². The number of hydrogen-bond acceptors (Lipinski definition) is 6. The number of rotatable bonds is 7. The van der Waals surface area contributed by atoms with Gasteiger partial charge in [0.2, 0.25) is 0 Å². The van der Waals surface area contributed by atoms with Crippen molar-refractivity contribution in [2.45, 2.75) is 63.3 Å². The molecule has 0 amide bonds. The molecule has 0 radical (unpaired) electrons. The maximum Gasteiger partial charge on any atom is 0.311 e. The van der Waals surface area contributed by atoms with E-state index in [2.05, 4.69) is 24.9 Å². The van der Waals surface area contributed by atoms with Crippen molar-refractivity contribution >= 4 is 11.8 Å². The van der Waals surface area contributed by atoms with Gasteiger partial charge in [0.1, 0.15) is 0 Å². The number of hydrogen-bond donors (Lipinski definition) is 0. The van der Waals surface area contributed by atoms with Crippen LogP contribution in [-0.4, -0.2) is 50.5 Å². The van der Waals surface area contributed by atoms with Gasteiger partial charge in [0.15, 0.2) is 23.0 Å². The van der Waals surface area contributed by atoms with Crippen LogP contribution in [-0.2, 0) is 26.2 Å². The summed E-state index contributed by atoms with van der Waals surface area (Å²) in [5.74, 6) is 1.41. The van der Waals surface area contributed by atoms with Gasteiger partial charge in [-0.2, -0.15) is 0 Å². The molecular formula is C25H33NO5. The molecule has 2 bridgehead atoms. The summed E-state index contributed by atoms with van der Waals surface area (Å²) >= 11 is 0. The lowest BCUT2D eigenvalue weighted by atomic mass is 9.53. The number of carbonyl (C=O) groups is 2. The van der Waals surface area contributed by atoms with Crippen LogP contribution < -0.4 is 9.47 Å². The molecule has 168 valence electrons. The first-order valence-corrected chi connectivity index (χ1v) is 11.4. The van der Waals surface area contributed by atoms with Crippen molar-refractivity contribution in [3.8, 4) is 11.5 Å². The summed E-state index contributed by atoms with van der Waals surface area (Å²) in [6.07, 6.45) is 7.28. The highest BCUT2D eigenvalue weighted by molar-refractivity contribution is 5.96. The van der Waals surface area contributed by atoms with E-state index in [4.69, 9.17) is 14.2 Å². The average Bonchev–Trinajstić information content (AvgIpc) is 2.75. The summed E-state index contributed by atoms with van der Waals surface area (Å²) in [5, 5.41) is 0. The van der Waals surface area contributed by atoms with Crippen LogP contribution in [0.25, 0.3) is 0 Å². The van der Waals surface area contributed by atoms with E-state index >= 15 is 0 Å². The van der Waals surface area contributed by atoms with Crippen LogP contribution in [0.5, 0.6) is 11.5 Å². The molecule has 3 aliphatic rings. The molecular weight excluding hydrogens is 394 g/mol. The number of esters is 1.